The molecule has 2 N–H and O–H groups in total. The molecule has 0 saturated heterocycles. The number of hydrogen-bond acceptors (Lipinski definition) is 7. The molecule has 10 nitrogen and oxygen atoms in total. The normalized spacial score (nSPS) is 11.7. The van der Waals surface area contributed by atoms with Crippen molar-refractivity contribution in [2.75, 3.05) is 31.8 Å². The maximum absolute atomic E-state index is 13.7. The quantitative estimate of drug-likeness (QED) is 0.244. The van der Waals surface area contributed by atoms with E-state index in [0.29, 0.717) is 50.5 Å². The third kappa shape index (κ3) is 5.06. The number of hydrogen-bond donors (Lipinski definition) is 2. The molecule has 0 unspecified atom stereocenters. The number of carbonyl (C=O) groups excluding carboxylic acids is 1. The predicted molar refractivity (Wildman–Crippen MR) is 163 cm³/mol. The summed E-state index contributed by atoms with van der Waals surface area (Å²) in [4.78, 5) is 25.4. The maximum atomic E-state index is 13.7. The zero-order valence-corrected chi connectivity index (χ0v) is 24.4. The number of fused-ring (bicyclic) bond motifs is 2. The van der Waals surface area contributed by atoms with Crippen LogP contribution in [0.1, 0.15) is 10.4 Å². The lowest BCUT2D eigenvalue weighted by Crippen LogP contribution is -2.25. The Balaban J connectivity index is 1.64. The molecule has 0 fully saturated rings. The molecule has 1 amide bonds. The molecule has 6 aromatic rings. The lowest BCUT2D eigenvalue weighted by Gasteiger charge is -2.21. The number of anilines is 1. The van der Waals surface area contributed by atoms with Gasteiger partial charge in [-0.15, -0.1) is 0 Å². The highest BCUT2D eigenvalue weighted by atomic mass is 32.2. The van der Waals surface area contributed by atoms with Crippen LogP contribution in [-0.2, 0) is 10.0 Å². The third-order valence-corrected chi connectivity index (χ3v) is 8.38. The molecule has 0 aliphatic heterocycles. The van der Waals surface area contributed by atoms with Crippen molar-refractivity contribution in [3.63, 3.8) is 0 Å². The smallest absolute Gasteiger partial charge is 0.255 e. The Morgan fingerprint density at radius 3 is 2.47 bits per heavy atom. The largest absolute Gasteiger partial charge is 0.497 e. The van der Waals surface area contributed by atoms with Gasteiger partial charge in [-0.25, -0.2) is 22.8 Å². The van der Waals surface area contributed by atoms with Crippen LogP contribution < -0.4 is 14.4 Å². The summed E-state index contributed by atoms with van der Waals surface area (Å²) in [7, 11) is 0.752. The van der Waals surface area contributed by atoms with E-state index in [-0.39, 0.29) is 16.9 Å². The van der Waals surface area contributed by atoms with Crippen molar-refractivity contribution >= 4 is 43.8 Å². The lowest BCUT2D eigenvalue weighted by atomic mass is 9.97. The molecule has 43 heavy (non-hydrogen) atoms. The van der Waals surface area contributed by atoms with Gasteiger partial charge in [0.2, 0.25) is 10.0 Å². The average Bonchev–Trinajstić information content (AvgIpc) is 3.61. The molecule has 0 aliphatic carbocycles. The Bertz CT molecular complexity index is 2110. The first-order valence-corrected chi connectivity index (χ1v) is 14.9. The van der Waals surface area contributed by atoms with Crippen LogP contribution in [0.15, 0.2) is 77.3 Å². The molecule has 0 aliphatic rings. The van der Waals surface area contributed by atoms with Crippen LogP contribution in [0.2, 0.25) is 0 Å². The monoisotopic (exact) mass is 599 g/mol. The number of imidazole rings is 1. The summed E-state index contributed by atoms with van der Waals surface area (Å²) in [5.74, 6) is 0.408. The van der Waals surface area contributed by atoms with E-state index in [1.165, 1.54) is 45.5 Å². The number of amides is 1. The van der Waals surface area contributed by atoms with E-state index in [2.05, 4.69) is 20.3 Å². The van der Waals surface area contributed by atoms with Gasteiger partial charge in [0.05, 0.1) is 30.1 Å². The minimum Gasteiger partial charge on any atom is -0.497 e. The Kier molecular flexibility index (Phi) is 6.85. The van der Waals surface area contributed by atoms with Crippen LogP contribution in [0.3, 0.4) is 0 Å². The van der Waals surface area contributed by atoms with Crippen LogP contribution in [0, 0.1) is 5.82 Å². The molecule has 0 radical (unpaired) electrons. The van der Waals surface area contributed by atoms with Crippen molar-refractivity contribution in [1.82, 2.24) is 20.3 Å². The second kappa shape index (κ2) is 10.6. The van der Waals surface area contributed by atoms with Crippen LogP contribution >= 0.6 is 0 Å². The molecule has 0 saturated carbocycles. The van der Waals surface area contributed by atoms with E-state index in [4.69, 9.17) is 9.15 Å². The summed E-state index contributed by atoms with van der Waals surface area (Å²) in [5, 5.41) is 3.09. The minimum atomic E-state index is -3.72. The summed E-state index contributed by atoms with van der Waals surface area (Å²) in [6.07, 6.45) is 2.75. The first-order chi connectivity index (χ1) is 20.6. The van der Waals surface area contributed by atoms with E-state index >= 15 is 0 Å². The fourth-order valence-corrected chi connectivity index (χ4v) is 5.46. The number of carbonyl (C=O) groups is 1. The Labute approximate surface area is 246 Å². The zero-order chi connectivity index (χ0) is 30.5. The standard InChI is InChI=1S/C31H26FN5O5S/c1-33-31(38)27-23-15-22(18-12-19(14-21(13-18)41-3)29-35-24-6-5-11-34-30(24)36-29)25(37(2)43(4,39)40)16-26(23)42-28(27)17-7-9-20(32)10-8-17/h5-16H,1-4H3,(H,33,38)(H,34,35,36). The number of methoxy groups -OCH3 is 1. The molecule has 0 spiro atoms. The summed E-state index contributed by atoms with van der Waals surface area (Å²) < 4.78 is 52.2. The highest BCUT2D eigenvalue weighted by Gasteiger charge is 2.26. The molecule has 3 aromatic carbocycles. The van der Waals surface area contributed by atoms with Crippen molar-refractivity contribution in [3.05, 3.63) is 84.3 Å². The number of furan rings is 1. The minimum absolute atomic E-state index is 0.223. The lowest BCUT2D eigenvalue weighted by molar-refractivity contribution is 0.0964. The third-order valence-electron chi connectivity index (χ3n) is 7.19. The topological polar surface area (TPSA) is 130 Å². The average molecular weight is 600 g/mol. The Morgan fingerprint density at radius 1 is 1.05 bits per heavy atom. The van der Waals surface area contributed by atoms with Crippen molar-refractivity contribution < 1.29 is 26.8 Å². The molecule has 218 valence electrons. The zero-order valence-electron chi connectivity index (χ0n) is 23.6. The van der Waals surface area contributed by atoms with Gasteiger partial charge < -0.3 is 19.5 Å². The number of sulfonamides is 1. The number of H-pyrrole nitrogens is 1. The number of rotatable bonds is 7. The van der Waals surface area contributed by atoms with E-state index < -0.39 is 21.7 Å². The van der Waals surface area contributed by atoms with E-state index in [1.807, 2.05) is 12.1 Å². The molecule has 3 heterocycles. The molecule has 3 aromatic heterocycles. The maximum Gasteiger partial charge on any atom is 0.255 e. The van der Waals surface area contributed by atoms with Crippen molar-refractivity contribution in [3.8, 4) is 39.6 Å². The molecule has 0 bridgehead atoms. The van der Waals surface area contributed by atoms with Crippen LogP contribution in [0.5, 0.6) is 5.75 Å². The van der Waals surface area contributed by atoms with E-state index in [9.17, 15) is 17.6 Å². The van der Waals surface area contributed by atoms with E-state index in [0.717, 1.165) is 16.1 Å². The highest BCUT2D eigenvalue weighted by molar-refractivity contribution is 7.92. The highest BCUT2D eigenvalue weighted by Crippen LogP contribution is 2.43. The number of aromatic nitrogens is 3. The number of nitrogens with zero attached hydrogens (tertiary/aromatic N) is 3. The van der Waals surface area contributed by atoms with Crippen molar-refractivity contribution in [1.29, 1.82) is 0 Å². The van der Waals surface area contributed by atoms with Gasteiger partial charge in [0.25, 0.3) is 5.91 Å². The van der Waals surface area contributed by atoms with E-state index in [1.54, 1.807) is 36.5 Å². The van der Waals surface area contributed by atoms with Gasteiger partial charge in [-0.3, -0.25) is 9.10 Å². The van der Waals surface area contributed by atoms with Crippen LogP contribution in [-0.4, -0.2) is 56.7 Å². The number of benzene rings is 3. The van der Waals surface area contributed by atoms with Gasteiger partial charge in [0.1, 0.15) is 28.7 Å². The second-order valence-corrected chi connectivity index (χ2v) is 11.9. The predicted octanol–water partition coefficient (Wildman–Crippen LogP) is 5.61. The molecule has 0 atom stereocenters. The fraction of sp³-hybridized carbons (Fsp3) is 0.129. The van der Waals surface area contributed by atoms with Gasteiger partial charge in [-0.2, -0.15) is 0 Å². The summed E-state index contributed by atoms with van der Waals surface area (Å²) >= 11 is 0. The summed E-state index contributed by atoms with van der Waals surface area (Å²) in [6.45, 7) is 0. The number of pyridine rings is 1. The molecular weight excluding hydrogens is 573 g/mol. The van der Waals surface area contributed by atoms with Crippen LogP contribution in [0.4, 0.5) is 10.1 Å². The number of nitrogens with one attached hydrogen (secondary N) is 2. The number of ether oxygens (including phenoxy) is 1. The Hall–Kier alpha value is -5.23. The van der Waals surface area contributed by atoms with Gasteiger partial charge in [0.15, 0.2) is 5.65 Å². The molecular formula is C31H26FN5O5S. The Morgan fingerprint density at radius 2 is 1.79 bits per heavy atom. The van der Waals surface area contributed by atoms with Crippen molar-refractivity contribution in [2.24, 2.45) is 0 Å². The van der Waals surface area contributed by atoms with Gasteiger partial charge in [-0.1, -0.05) is 0 Å². The van der Waals surface area contributed by atoms with Crippen LogP contribution in [0.25, 0.3) is 56.0 Å². The summed E-state index contributed by atoms with van der Waals surface area (Å²) in [5.41, 5.74) is 4.36. The van der Waals surface area contributed by atoms with Gasteiger partial charge >= 0.3 is 0 Å². The fourth-order valence-electron chi connectivity index (χ4n) is 4.95. The SMILES string of the molecule is CNC(=O)c1c(-c2ccc(F)cc2)oc2cc(N(C)S(C)(=O)=O)c(-c3cc(OC)cc(-c4nc5ncccc5[nH]4)c3)cc12. The summed E-state index contributed by atoms with van der Waals surface area (Å²) in [6, 6.07) is 18.0. The molecule has 12 heteroatoms. The number of halogens is 1. The van der Waals surface area contributed by atoms with Gasteiger partial charge in [0, 0.05) is 48.4 Å². The van der Waals surface area contributed by atoms with Crippen molar-refractivity contribution in [2.45, 2.75) is 0 Å². The molecule has 6 rings (SSSR count). The second-order valence-electron chi connectivity index (χ2n) is 9.90. The first kappa shape index (κ1) is 27.9. The first-order valence-electron chi connectivity index (χ1n) is 13.1. The van der Waals surface area contributed by atoms with Gasteiger partial charge in [-0.05, 0) is 66.2 Å². The number of aromatic amines is 1.